The van der Waals surface area contributed by atoms with E-state index in [-0.39, 0.29) is 19.0 Å². The highest BCUT2D eigenvalue weighted by Gasteiger charge is 2.52. The van der Waals surface area contributed by atoms with E-state index in [1.54, 1.807) is 0 Å². The Balaban J connectivity index is 2.02. The van der Waals surface area contributed by atoms with E-state index in [1.807, 2.05) is 6.92 Å². The third kappa shape index (κ3) is 1.58. The predicted molar refractivity (Wildman–Crippen MR) is 52.8 cm³/mol. The second-order valence-electron chi connectivity index (χ2n) is 4.55. The zero-order chi connectivity index (χ0) is 10.1. The second-order valence-corrected chi connectivity index (χ2v) is 4.55. The van der Waals surface area contributed by atoms with Gasteiger partial charge in [0.15, 0.2) is 0 Å². The van der Waals surface area contributed by atoms with Crippen molar-refractivity contribution in [3.8, 4) is 0 Å². The van der Waals surface area contributed by atoms with Crippen LogP contribution in [0.2, 0.25) is 0 Å². The molecule has 2 saturated carbocycles. The Morgan fingerprint density at radius 3 is 2.64 bits per heavy atom. The minimum Gasteiger partial charge on any atom is -0.376 e. The van der Waals surface area contributed by atoms with Crippen LogP contribution in [0, 0.1) is 17.8 Å². The molecule has 0 aliphatic heterocycles. The lowest BCUT2D eigenvalue weighted by atomic mass is 9.86. The van der Waals surface area contributed by atoms with Gasteiger partial charge in [0.25, 0.3) is 0 Å². The summed E-state index contributed by atoms with van der Waals surface area (Å²) in [6.07, 6.45) is 2.85. The van der Waals surface area contributed by atoms with Gasteiger partial charge in [-0.25, -0.2) is 0 Å². The van der Waals surface area contributed by atoms with Crippen LogP contribution in [0.5, 0.6) is 0 Å². The van der Waals surface area contributed by atoms with Crippen molar-refractivity contribution in [2.24, 2.45) is 17.8 Å². The third-order valence-electron chi connectivity index (χ3n) is 3.82. The van der Waals surface area contributed by atoms with Crippen molar-refractivity contribution in [2.75, 3.05) is 13.4 Å². The van der Waals surface area contributed by atoms with Gasteiger partial charge in [-0.3, -0.25) is 0 Å². The van der Waals surface area contributed by atoms with Crippen LogP contribution < -0.4 is 0 Å². The summed E-state index contributed by atoms with van der Waals surface area (Å²) in [6, 6.07) is 0. The molecule has 2 aliphatic rings. The van der Waals surface area contributed by atoms with Crippen molar-refractivity contribution < 1.29 is 14.6 Å². The Labute approximate surface area is 85.4 Å². The number of aliphatic hydroxyl groups excluding tert-OH is 1. The maximum Gasteiger partial charge on any atom is 0.144 e. The quantitative estimate of drug-likeness (QED) is 0.697. The lowest BCUT2D eigenvalue weighted by molar-refractivity contribution is -0.142. The number of fused-ring (bicyclic) bond motifs is 2. The summed E-state index contributed by atoms with van der Waals surface area (Å²) in [4.78, 5) is 0. The fourth-order valence-electron chi connectivity index (χ4n) is 3.30. The summed E-state index contributed by atoms with van der Waals surface area (Å²) < 4.78 is 11.1. The van der Waals surface area contributed by atoms with Gasteiger partial charge in [-0.15, -0.1) is 0 Å². The lowest BCUT2D eigenvalue weighted by Crippen LogP contribution is -2.40. The monoisotopic (exact) mass is 200 g/mol. The maximum atomic E-state index is 8.85. The molecule has 0 aromatic carbocycles. The molecule has 2 aliphatic carbocycles. The highest BCUT2D eigenvalue weighted by atomic mass is 16.6. The van der Waals surface area contributed by atoms with E-state index in [0.29, 0.717) is 11.8 Å². The third-order valence-corrected chi connectivity index (χ3v) is 3.82. The van der Waals surface area contributed by atoms with Crippen LogP contribution in [0.3, 0.4) is 0 Å². The van der Waals surface area contributed by atoms with Crippen LogP contribution in [0.15, 0.2) is 0 Å². The first-order valence-corrected chi connectivity index (χ1v) is 5.62. The molecule has 0 amide bonds. The molecule has 0 saturated heterocycles. The molecule has 5 atom stereocenters. The average molecular weight is 200 g/mol. The SMILES string of the molecule is CCOC1C(OCO)C2C[C@@H]1CC2C. The molecule has 3 heteroatoms. The molecule has 2 fully saturated rings. The van der Waals surface area contributed by atoms with Gasteiger partial charge in [0.05, 0.1) is 12.2 Å². The molecule has 0 aromatic heterocycles. The van der Waals surface area contributed by atoms with Crippen molar-refractivity contribution in [3.05, 3.63) is 0 Å². The van der Waals surface area contributed by atoms with E-state index >= 15 is 0 Å². The lowest BCUT2D eigenvalue weighted by Gasteiger charge is -2.33. The molecule has 14 heavy (non-hydrogen) atoms. The van der Waals surface area contributed by atoms with E-state index in [1.165, 1.54) is 12.8 Å². The molecule has 2 rings (SSSR count). The summed E-state index contributed by atoms with van der Waals surface area (Å²) in [5, 5.41) is 8.85. The molecule has 2 bridgehead atoms. The Morgan fingerprint density at radius 1 is 1.21 bits per heavy atom. The van der Waals surface area contributed by atoms with Gasteiger partial charge in [-0.05, 0) is 37.5 Å². The van der Waals surface area contributed by atoms with E-state index in [9.17, 15) is 0 Å². The summed E-state index contributed by atoms with van der Waals surface area (Å²) in [5.74, 6) is 1.99. The van der Waals surface area contributed by atoms with E-state index in [0.717, 1.165) is 12.5 Å². The first kappa shape index (κ1) is 10.4. The molecule has 3 nitrogen and oxygen atoms in total. The van der Waals surface area contributed by atoms with Crippen molar-refractivity contribution >= 4 is 0 Å². The first-order valence-electron chi connectivity index (χ1n) is 5.62. The van der Waals surface area contributed by atoms with Crippen molar-refractivity contribution in [1.29, 1.82) is 0 Å². The summed E-state index contributed by atoms with van der Waals surface area (Å²) in [6.45, 7) is 4.86. The minimum atomic E-state index is -0.176. The highest BCUT2D eigenvalue weighted by Crippen LogP contribution is 2.50. The van der Waals surface area contributed by atoms with E-state index in [2.05, 4.69) is 6.92 Å². The van der Waals surface area contributed by atoms with Crippen LogP contribution in [0.4, 0.5) is 0 Å². The number of rotatable bonds is 4. The van der Waals surface area contributed by atoms with Gasteiger partial charge in [0.2, 0.25) is 0 Å². The van der Waals surface area contributed by atoms with Gasteiger partial charge in [0, 0.05) is 6.61 Å². The van der Waals surface area contributed by atoms with Crippen molar-refractivity contribution in [2.45, 2.75) is 38.9 Å². The van der Waals surface area contributed by atoms with Crippen LogP contribution in [0.1, 0.15) is 26.7 Å². The molecule has 0 heterocycles. The standard InChI is InChI=1S/C11H20O3/c1-3-13-10-8-4-7(2)9(5-8)11(10)14-6-12/h7-12H,3-6H2,1-2H3/t7?,8-,9?,10?,11?/m0/s1. The largest absolute Gasteiger partial charge is 0.376 e. The van der Waals surface area contributed by atoms with Crippen molar-refractivity contribution in [3.63, 3.8) is 0 Å². The van der Waals surface area contributed by atoms with Gasteiger partial charge in [-0.2, -0.15) is 0 Å². The molecule has 0 spiro atoms. The van der Waals surface area contributed by atoms with Crippen LogP contribution >= 0.6 is 0 Å². The van der Waals surface area contributed by atoms with E-state index < -0.39 is 0 Å². The zero-order valence-corrected chi connectivity index (χ0v) is 8.98. The fourth-order valence-corrected chi connectivity index (χ4v) is 3.30. The minimum absolute atomic E-state index is 0.133. The molecule has 0 radical (unpaired) electrons. The first-order chi connectivity index (χ1) is 6.77. The smallest absolute Gasteiger partial charge is 0.144 e. The topological polar surface area (TPSA) is 38.7 Å². The van der Waals surface area contributed by atoms with Crippen LogP contribution in [-0.4, -0.2) is 30.7 Å². The molecular formula is C11H20O3. The van der Waals surface area contributed by atoms with Crippen LogP contribution in [-0.2, 0) is 9.47 Å². The van der Waals surface area contributed by atoms with E-state index in [4.69, 9.17) is 14.6 Å². The summed E-state index contributed by atoms with van der Waals surface area (Å²) in [7, 11) is 0. The average Bonchev–Trinajstić information content (AvgIpc) is 2.66. The molecule has 0 aromatic rings. The van der Waals surface area contributed by atoms with Gasteiger partial charge in [0.1, 0.15) is 6.79 Å². The Hall–Kier alpha value is -0.120. The molecular weight excluding hydrogens is 180 g/mol. The zero-order valence-electron chi connectivity index (χ0n) is 8.98. The normalized spacial score (nSPS) is 46.1. The number of aliphatic hydroxyl groups is 1. The van der Waals surface area contributed by atoms with Gasteiger partial charge >= 0.3 is 0 Å². The fraction of sp³-hybridized carbons (Fsp3) is 1.00. The maximum absolute atomic E-state index is 8.85. The second kappa shape index (κ2) is 4.17. The number of ether oxygens (including phenoxy) is 2. The highest BCUT2D eigenvalue weighted by molar-refractivity contribution is 5.01. The van der Waals surface area contributed by atoms with Gasteiger partial charge in [-0.1, -0.05) is 6.92 Å². The number of hydrogen-bond acceptors (Lipinski definition) is 3. The Kier molecular flexibility index (Phi) is 3.10. The molecule has 1 N–H and O–H groups in total. The van der Waals surface area contributed by atoms with Gasteiger partial charge < -0.3 is 14.6 Å². The summed E-state index contributed by atoms with van der Waals surface area (Å²) >= 11 is 0. The Morgan fingerprint density at radius 2 is 2.00 bits per heavy atom. The molecule has 4 unspecified atom stereocenters. The summed E-state index contributed by atoms with van der Waals surface area (Å²) in [5.41, 5.74) is 0. The number of hydrogen-bond donors (Lipinski definition) is 1. The van der Waals surface area contributed by atoms with Crippen molar-refractivity contribution in [1.82, 2.24) is 0 Å². The Bertz CT molecular complexity index is 195. The predicted octanol–water partition coefficient (Wildman–Crippen LogP) is 1.40. The molecule has 82 valence electrons. The van der Waals surface area contributed by atoms with Crippen LogP contribution in [0.25, 0.3) is 0 Å².